The molecule has 1 fully saturated rings. The molecule has 0 spiro atoms. The zero-order valence-electron chi connectivity index (χ0n) is 12.6. The summed E-state index contributed by atoms with van der Waals surface area (Å²) in [6.45, 7) is 4.43. The summed E-state index contributed by atoms with van der Waals surface area (Å²) in [5, 5.41) is 3.14. The van der Waals surface area contributed by atoms with Gasteiger partial charge in [0.2, 0.25) is 0 Å². The van der Waals surface area contributed by atoms with E-state index in [-0.39, 0.29) is 0 Å². The Kier molecular flexibility index (Phi) is 6.30. The van der Waals surface area contributed by atoms with E-state index in [1.54, 1.807) is 0 Å². The van der Waals surface area contributed by atoms with Gasteiger partial charge in [-0.2, -0.15) is 0 Å². The summed E-state index contributed by atoms with van der Waals surface area (Å²) in [6.07, 6.45) is 2.67. The van der Waals surface area contributed by atoms with E-state index in [2.05, 4.69) is 29.4 Å². The van der Waals surface area contributed by atoms with Crippen LogP contribution in [-0.4, -0.2) is 51.4 Å². The van der Waals surface area contributed by atoms with Crippen LogP contribution in [0.15, 0.2) is 24.3 Å². The lowest BCUT2D eigenvalue weighted by Gasteiger charge is -2.28. The largest absolute Gasteiger partial charge is 0.491 e. The number of ether oxygens (including phenoxy) is 2. The number of hydrogen-bond donors (Lipinski definition) is 1. The topological polar surface area (TPSA) is 33.7 Å². The van der Waals surface area contributed by atoms with E-state index in [1.807, 2.05) is 19.2 Å². The van der Waals surface area contributed by atoms with Gasteiger partial charge in [0.05, 0.1) is 12.7 Å². The van der Waals surface area contributed by atoms with Gasteiger partial charge in [0.15, 0.2) is 0 Å². The number of piperidine rings is 1. The minimum absolute atomic E-state index is 0.408. The maximum Gasteiger partial charge on any atom is 0.119 e. The lowest BCUT2D eigenvalue weighted by molar-refractivity contribution is -0.000261. The first kappa shape index (κ1) is 15.3. The average Bonchev–Trinajstić information content (AvgIpc) is 2.46. The van der Waals surface area contributed by atoms with E-state index in [4.69, 9.17) is 9.47 Å². The van der Waals surface area contributed by atoms with Crippen molar-refractivity contribution in [3.63, 3.8) is 0 Å². The molecule has 20 heavy (non-hydrogen) atoms. The SMILES string of the molecule is CNCc1cccc(OCCOC2CCN(C)CC2)c1. The average molecular weight is 278 g/mol. The van der Waals surface area contributed by atoms with E-state index in [1.165, 1.54) is 5.56 Å². The monoisotopic (exact) mass is 278 g/mol. The van der Waals surface area contributed by atoms with Gasteiger partial charge in [-0.05, 0) is 44.6 Å². The molecule has 0 aromatic heterocycles. The van der Waals surface area contributed by atoms with Crippen LogP contribution < -0.4 is 10.1 Å². The maximum atomic E-state index is 5.87. The molecule has 1 N–H and O–H groups in total. The first-order valence-electron chi connectivity index (χ1n) is 7.44. The van der Waals surface area contributed by atoms with Crippen molar-refractivity contribution in [2.45, 2.75) is 25.5 Å². The molecule has 1 aliphatic rings. The summed E-state index contributed by atoms with van der Waals surface area (Å²) in [5.74, 6) is 0.921. The highest BCUT2D eigenvalue weighted by Gasteiger charge is 2.16. The Hall–Kier alpha value is -1.10. The van der Waals surface area contributed by atoms with Crippen LogP contribution in [0.3, 0.4) is 0 Å². The minimum atomic E-state index is 0.408. The van der Waals surface area contributed by atoms with E-state index < -0.39 is 0 Å². The number of nitrogens with zero attached hydrogens (tertiary/aromatic N) is 1. The van der Waals surface area contributed by atoms with Gasteiger partial charge in [0.25, 0.3) is 0 Å². The third-order valence-corrected chi connectivity index (χ3v) is 3.65. The van der Waals surface area contributed by atoms with Crippen LogP contribution in [0.2, 0.25) is 0 Å². The van der Waals surface area contributed by atoms with E-state index in [9.17, 15) is 0 Å². The van der Waals surface area contributed by atoms with Crippen LogP contribution >= 0.6 is 0 Å². The summed E-state index contributed by atoms with van der Waals surface area (Å²) in [7, 11) is 4.11. The Morgan fingerprint density at radius 2 is 2.05 bits per heavy atom. The molecule has 1 aromatic rings. The Morgan fingerprint density at radius 3 is 2.80 bits per heavy atom. The smallest absolute Gasteiger partial charge is 0.119 e. The van der Waals surface area contributed by atoms with Gasteiger partial charge in [-0.3, -0.25) is 0 Å². The van der Waals surface area contributed by atoms with E-state index in [0.29, 0.717) is 19.3 Å². The highest BCUT2D eigenvalue weighted by atomic mass is 16.5. The predicted molar refractivity (Wildman–Crippen MR) is 81.2 cm³/mol. The molecular weight excluding hydrogens is 252 g/mol. The van der Waals surface area contributed by atoms with Gasteiger partial charge < -0.3 is 19.7 Å². The molecule has 4 nitrogen and oxygen atoms in total. The van der Waals surface area contributed by atoms with Crippen LogP contribution in [0.25, 0.3) is 0 Å². The Balaban J connectivity index is 1.64. The predicted octanol–water partition coefficient (Wildman–Crippen LogP) is 1.90. The van der Waals surface area contributed by atoms with Crippen molar-refractivity contribution in [2.75, 3.05) is 40.4 Å². The Labute approximate surface area is 122 Å². The molecule has 1 aromatic carbocycles. The third kappa shape index (κ3) is 5.12. The molecule has 0 unspecified atom stereocenters. The van der Waals surface area contributed by atoms with Crippen molar-refractivity contribution in [1.82, 2.24) is 10.2 Å². The molecule has 0 radical (unpaired) electrons. The van der Waals surface area contributed by atoms with Gasteiger partial charge >= 0.3 is 0 Å². The Morgan fingerprint density at radius 1 is 1.25 bits per heavy atom. The summed E-state index contributed by atoms with van der Waals surface area (Å²) in [6, 6.07) is 8.19. The summed E-state index contributed by atoms with van der Waals surface area (Å²) in [4.78, 5) is 2.35. The number of likely N-dealkylation sites (tertiary alicyclic amines) is 1. The number of benzene rings is 1. The molecule has 112 valence electrons. The fourth-order valence-corrected chi connectivity index (χ4v) is 2.48. The fraction of sp³-hybridized carbons (Fsp3) is 0.625. The van der Waals surface area contributed by atoms with Crippen molar-refractivity contribution >= 4 is 0 Å². The molecule has 0 atom stereocenters. The van der Waals surface area contributed by atoms with Gasteiger partial charge in [0, 0.05) is 19.6 Å². The van der Waals surface area contributed by atoms with Crippen LogP contribution in [0.5, 0.6) is 5.75 Å². The van der Waals surface area contributed by atoms with Crippen molar-refractivity contribution in [3.8, 4) is 5.75 Å². The minimum Gasteiger partial charge on any atom is -0.491 e. The van der Waals surface area contributed by atoms with Crippen molar-refractivity contribution < 1.29 is 9.47 Å². The molecule has 1 heterocycles. The molecular formula is C16H26N2O2. The highest BCUT2D eigenvalue weighted by molar-refractivity contribution is 5.28. The molecule has 1 saturated heterocycles. The summed E-state index contributed by atoms with van der Waals surface area (Å²) in [5.41, 5.74) is 1.24. The van der Waals surface area contributed by atoms with E-state index in [0.717, 1.165) is 38.2 Å². The van der Waals surface area contributed by atoms with E-state index >= 15 is 0 Å². The van der Waals surface area contributed by atoms with Gasteiger partial charge in [-0.25, -0.2) is 0 Å². The number of nitrogens with one attached hydrogen (secondary N) is 1. The normalized spacial score (nSPS) is 17.3. The Bertz CT molecular complexity index is 390. The van der Waals surface area contributed by atoms with Crippen LogP contribution in [-0.2, 0) is 11.3 Å². The third-order valence-electron chi connectivity index (χ3n) is 3.65. The van der Waals surface area contributed by atoms with Crippen LogP contribution in [0.4, 0.5) is 0 Å². The van der Waals surface area contributed by atoms with Gasteiger partial charge in [-0.15, -0.1) is 0 Å². The second-order valence-corrected chi connectivity index (χ2v) is 5.40. The second kappa shape index (κ2) is 8.25. The van der Waals surface area contributed by atoms with Crippen molar-refractivity contribution in [2.24, 2.45) is 0 Å². The number of hydrogen-bond acceptors (Lipinski definition) is 4. The fourth-order valence-electron chi connectivity index (χ4n) is 2.48. The van der Waals surface area contributed by atoms with Crippen LogP contribution in [0.1, 0.15) is 18.4 Å². The molecule has 0 saturated carbocycles. The number of rotatable bonds is 7. The standard InChI is InChI=1S/C16H26N2O2/c1-17-13-14-4-3-5-16(12-14)20-11-10-19-15-6-8-18(2)9-7-15/h3-5,12,15,17H,6-11,13H2,1-2H3. The first-order valence-corrected chi connectivity index (χ1v) is 7.44. The zero-order valence-corrected chi connectivity index (χ0v) is 12.6. The maximum absolute atomic E-state index is 5.87. The zero-order chi connectivity index (χ0) is 14.2. The highest BCUT2D eigenvalue weighted by Crippen LogP contribution is 2.14. The lowest BCUT2D eigenvalue weighted by Crippen LogP contribution is -2.34. The second-order valence-electron chi connectivity index (χ2n) is 5.40. The molecule has 0 amide bonds. The lowest BCUT2D eigenvalue weighted by atomic mass is 10.1. The molecule has 0 bridgehead atoms. The van der Waals surface area contributed by atoms with Crippen molar-refractivity contribution in [1.29, 1.82) is 0 Å². The molecule has 2 rings (SSSR count). The summed E-state index contributed by atoms with van der Waals surface area (Å²) < 4.78 is 11.6. The van der Waals surface area contributed by atoms with Crippen molar-refractivity contribution in [3.05, 3.63) is 29.8 Å². The van der Waals surface area contributed by atoms with Crippen LogP contribution in [0, 0.1) is 0 Å². The first-order chi connectivity index (χ1) is 9.78. The van der Waals surface area contributed by atoms with Gasteiger partial charge in [0.1, 0.15) is 12.4 Å². The summed E-state index contributed by atoms with van der Waals surface area (Å²) >= 11 is 0. The molecule has 0 aliphatic carbocycles. The quantitative estimate of drug-likeness (QED) is 0.772. The molecule has 1 aliphatic heterocycles. The molecule has 4 heteroatoms. The van der Waals surface area contributed by atoms with Gasteiger partial charge in [-0.1, -0.05) is 12.1 Å².